The second kappa shape index (κ2) is 6.07. The van der Waals surface area contributed by atoms with Gasteiger partial charge in [0, 0.05) is 44.6 Å². The molecular weight excluding hydrogens is 298 g/mol. The zero-order valence-corrected chi connectivity index (χ0v) is 15.1. The van der Waals surface area contributed by atoms with Crippen molar-refractivity contribution in [2.24, 2.45) is 16.3 Å². The lowest BCUT2D eigenvalue weighted by Crippen LogP contribution is -2.72. The van der Waals surface area contributed by atoms with E-state index in [1.165, 1.54) is 36.8 Å². The van der Waals surface area contributed by atoms with Crippen LogP contribution in [0.2, 0.25) is 0 Å². The third-order valence-corrected chi connectivity index (χ3v) is 6.43. The summed E-state index contributed by atoms with van der Waals surface area (Å²) < 4.78 is 6.03. The molecule has 1 spiro atoms. The Balaban J connectivity index is 1.43. The lowest BCUT2D eigenvalue weighted by molar-refractivity contribution is -0.171. The van der Waals surface area contributed by atoms with Crippen LogP contribution in [-0.4, -0.2) is 43.7 Å². The largest absolute Gasteiger partial charge is 0.377 e. The van der Waals surface area contributed by atoms with Crippen LogP contribution >= 0.6 is 0 Å². The topological polar surface area (TPSA) is 36.9 Å². The summed E-state index contributed by atoms with van der Waals surface area (Å²) in [5, 5.41) is 3.79. The first kappa shape index (κ1) is 15.9. The number of hydrogen-bond acceptors (Lipinski definition) is 2. The average molecular weight is 327 g/mol. The van der Waals surface area contributed by atoms with Gasteiger partial charge < -0.3 is 15.0 Å². The third kappa shape index (κ3) is 2.43. The normalized spacial score (nSPS) is 30.5. The molecule has 0 bridgehead atoms. The summed E-state index contributed by atoms with van der Waals surface area (Å²) >= 11 is 0. The van der Waals surface area contributed by atoms with Crippen LogP contribution < -0.4 is 5.32 Å². The van der Waals surface area contributed by atoms with Crippen molar-refractivity contribution in [1.82, 2.24) is 10.2 Å². The van der Waals surface area contributed by atoms with Crippen molar-refractivity contribution in [3.63, 3.8) is 0 Å². The predicted molar refractivity (Wildman–Crippen MR) is 97.1 cm³/mol. The molecule has 1 aromatic carbocycles. The van der Waals surface area contributed by atoms with Crippen molar-refractivity contribution >= 4 is 5.96 Å². The molecule has 3 unspecified atom stereocenters. The standard InChI is InChI=1S/C20H29N3O/c1-14-5-7-15(8-6-14)13-23(3)19(21-2)22-17-16-9-12-24-18(16)20(17)10-4-11-20/h5-8,16-18H,4,9-13H2,1-3H3,(H,21,22). The van der Waals surface area contributed by atoms with Crippen LogP contribution in [0.15, 0.2) is 29.3 Å². The lowest BCUT2D eigenvalue weighted by Gasteiger charge is -2.63. The molecule has 4 heteroatoms. The molecule has 4 rings (SSSR count). The third-order valence-electron chi connectivity index (χ3n) is 6.43. The highest BCUT2D eigenvalue weighted by Crippen LogP contribution is 2.62. The van der Waals surface area contributed by atoms with E-state index < -0.39 is 0 Å². The van der Waals surface area contributed by atoms with Gasteiger partial charge in [0.15, 0.2) is 5.96 Å². The van der Waals surface area contributed by atoms with E-state index in [0.717, 1.165) is 19.1 Å². The van der Waals surface area contributed by atoms with Crippen molar-refractivity contribution in [3.8, 4) is 0 Å². The Bertz CT molecular complexity index is 620. The summed E-state index contributed by atoms with van der Waals surface area (Å²) in [6.45, 7) is 3.94. The molecule has 1 aliphatic heterocycles. The Morgan fingerprint density at radius 1 is 1.33 bits per heavy atom. The number of benzene rings is 1. The maximum Gasteiger partial charge on any atom is 0.193 e. The van der Waals surface area contributed by atoms with Crippen molar-refractivity contribution in [3.05, 3.63) is 35.4 Å². The van der Waals surface area contributed by atoms with Crippen molar-refractivity contribution in [2.75, 3.05) is 20.7 Å². The van der Waals surface area contributed by atoms with Gasteiger partial charge in [-0.1, -0.05) is 36.2 Å². The number of aryl methyl sites for hydroxylation is 1. The van der Waals surface area contributed by atoms with E-state index >= 15 is 0 Å². The molecule has 2 aliphatic carbocycles. The SMILES string of the molecule is CN=C(NC1C2CCOC2C12CCC2)N(C)Cc1ccc(C)cc1. The zero-order chi connectivity index (χ0) is 16.7. The van der Waals surface area contributed by atoms with Gasteiger partial charge in [-0.05, 0) is 31.7 Å². The zero-order valence-electron chi connectivity index (χ0n) is 15.1. The quantitative estimate of drug-likeness (QED) is 0.685. The predicted octanol–water partition coefficient (Wildman–Crippen LogP) is 2.96. The minimum Gasteiger partial charge on any atom is -0.377 e. The molecule has 2 saturated carbocycles. The summed E-state index contributed by atoms with van der Waals surface area (Å²) in [7, 11) is 4.02. The van der Waals surface area contributed by atoms with Gasteiger partial charge in [-0.3, -0.25) is 4.99 Å². The van der Waals surface area contributed by atoms with E-state index in [1.807, 2.05) is 7.05 Å². The van der Waals surface area contributed by atoms with Crippen LogP contribution in [0.4, 0.5) is 0 Å². The van der Waals surface area contributed by atoms with Crippen LogP contribution in [0.25, 0.3) is 0 Å². The molecule has 4 nitrogen and oxygen atoms in total. The van der Waals surface area contributed by atoms with Gasteiger partial charge in [0.05, 0.1) is 6.10 Å². The molecule has 1 aromatic rings. The molecule has 0 radical (unpaired) electrons. The monoisotopic (exact) mass is 327 g/mol. The van der Waals surface area contributed by atoms with Crippen LogP contribution in [0.5, 0.6) is 0 Å². The molecule has 3 fully saturated rings. The number of hydrogen-bond donors (Lipinski definition) is 1. The fourth-order valence-electron chi connectivity index (χ4n) is 4.98. The molecule has 1 N–H and O–H groups in total. The highest BCUT2D eigenvalue weighted by Gasteiger charge is 2.66. The molecule has 0 amide bonds. The second-order valence-electron chi connectivity index (χ2n) is 7.84. The number of ether oxygens (including phenoxy) is 1. The van der Waals surface area contributed by atoms with E-state index in [4.69, 9.17) is 4.74 Å². The minimum atomic E-state index is 0.391. The Labute approximate surface area is 145 Å². The maximum atomic E-state index is 6.03. The Morgan fingerprint density at radius 2 is 2.08 bits per heavy atom. The van der Waals surface area contributed by atoms with Gasteiger partial charge in [-0.15, -0.1) is 0 Å². The molecule has 0 aromatic heterocycles. The van der Waals surface area contributed by atoms with E-state index in [-0.39, 0.29) is 0 Å². The first-order valence-electron chi connectivity index (χ1n) is 9.26. The average Bonchev–Trinajstić information content (AvgIpc) is 2.94. The van der Waals surface area contributed by atoms with Gasteiger partial charge in [-0.25, -0.2) is 0 Å². The van der Waals surface area contributed by atoms with Crippen molar-refractivity contribution in [2.45, 2.75) is 51.3 Å². The number of nitrogens with zero attached hydrogens (tertiary/aromatic N) is 2. The summed E-state index contributed by atoms with van der Waals surface area (Å²) in [5.74, 6) is 1.69. The summed E-state index contributed by atoms with van der Waals surface area (Å²) in [5.41, 5.74) is 3.01. The number of rotatable bonds is 3. The Kier molecular flexibility index (Phi) is 4.03. The Hall–Kier alpha value is -1.55. The van der Waals surface area contributed by atoms with E-state index in [1.54, 1.807) is 0 Å². The minimum absolute atomic E-state index is 0.391. The van der Waals surface area contributed by atoms with Gasteiger partial charge in [0.25, 0.3) is 0 Å². The van der Waals surface area contributed by atoms with Crippen LogP contribution in [0.3, 0.4) is 0 Å². The molecule has 1 saturated heterocycles. The fraction of sp³-hybridized carbons (Fsp3) is 0.650. The van der Waals surface area contributed by atoms with E-state index in [0.29, 0.717) is 23.5 Å². The van der Waals surface area contributed by atoms with Gasteiger partial charge in [-0.2, -0.15) is 0 Å². The number of fused-ring (bicyclic) bond motifs is 2. The van der Waals surface area contributed by atoms with Crippen molar-refractivity contribution < 1.29 is 4.74 Å². The molecule has 1 heterocycles. The van der Waals surface area contributed by atoms with Gasteiger partial charge in [0.1, 0.15) is 0 Å². The lowest BCUT2D eigenvalue weighted by atomic mass is 9.46. The van der Waals surface area contributed by atoms with E-state index in [9.17, 15) is 0 Å². The summed E-state index contributed by atoms with van der Waals surface area (Å²) in [6, 6.07) is 9.30. The molecular formula is C20H29N3O. The molecule has 24 heavy (non-hydrogen) atoms. The number of aliphatic imine (C=N–C) groups is 1. The second-order valence-corrected chi connectivity index (χ2v) is 7.84. The highest BCUT2D eigenvalue weighted by atomic mass is 16.5. The van der Waals surface area contributed by atoms with Gasteiger partial charge >= 0.3 is 0 Å². The van der Waals surface area contributed by atoms with Crippen LogP contribution in [-0.2, 0) is 11.3 Å². The number of guanidine groups is 1. The summed E-state index contributed by atoms with van der Waals surface area (Å²) in [6.07, 6.45) is 5.67. The highest BCUT2D eigenvalue weighted by molar-refractivity contribution is 5.80. The van der Waals surface area contributed by atoms with E-state index in [2.05, 4.69) is 53.4 Å². The van der Waals surface area contributed by atoms with Crippen molar-refractivity contribution in [1.29, 1.82) is 0 Å². The van der Waals surface area contributed by atoms with Gasteiger partial charge in [0.2, 0.25) is 0 Å². The first-order chi connectivity index (χ1) is 11.6. The maximum absolute atomic E-state index is 6.03. The van der Waals surface area contributed by atoms with Crippen LogP contribution in [0, 0.1) is 18.3 Å². The summed E-state index contributed by atoms with van der Waals surface area (Å²) in [4.78, 5) is 6.79. The fourth-order valence-corrected chi connectivity index (χ4v) is 4.98. The Morgan fingerprint density at radius 3 is 2.71 bits per heavy atom. The molecule has 3 aliphatic rings. The smallest absolute Gasteiger partial charge is 0.193 e. The molecule has 3 atom stereocenters. The molecule has 130 valence electrons. The number of nitrogens with one attached hydrogen (secondary N) is 1. The van der Waals surface area contributed by atoms with Crippen LogP contribution in [0.1, 0.15) is 36.8 Å². The first-order valence-corrected chi connectivity index (χ1v) is 9.26.